The lowest BCUT2D eigenvalue weighted by Crippen LogP contribution is -2.16. The van der Waals surface area contributed by atoms with E-state index in [1.807, 2.05) is 6.92 Å². The van der Waals surface area contributed by atoms with E-state index in [9.17, 15) is 14.4 Å². The molecule has 4 nitrogen and oxygen atoms in total. The highest BCUT2D eigenvalue weighted by Crippen LogP contribution is 2.24. The minimum atomic E-state index is -4.90. The Bertz CT molecular complexity index is 1440. The number of phosphoric acid groups is 1. The van der Waals surface area contributed by atoms with Crippen molar-refractivity contribution >= 4 is 7.82 Å². The van der Waals surface area contributed by atoms with Gasteiger partial charge in [0.25, 0.3) is 0 Å². The molecule has 0 spiro atoms. The van der Waals surface area contributed by atoms with E-state index in [4.69, 9.17) is 0 Å². The van der Waals surface area contributed by atoms with Gasteiger partial charge in [0.1, 0.15) is 0 Å². The van der Waals surface area contributed by atoms with E-state index in [1.165, 1.54) is 63.0 Å². The summed E-state index contributed by atoms with van der Waals surface area (Å²) in [4.78, 5) is 21.1. The molecule has 0 aromatic carbocycles. The van der Waals surface area contributed by atoms with Gasteiger partial charge in [-0.15, -0.1) is 0 Å². The van der Waals surface area contributed by atoms with E-state index in [1.54, 1.807) is 6.08 Å². The molecule has 0 amide bonds. The highest BCUT2D eigenvalue weighted by molar-refractivity contribution is 7.43. The molecule has 0 heterocycles. The van der Waals surface area contributed by atoms with Crippen molar-refractivity contribution in [3.8, 4) is 0 Å². The first-order valence-electron chi connectivity index (χ1n) is 21.2. The van der Waals surface area contributed by atoms with Crippen LogP contribution >= 0.6 is 7.82 Å². The number of rotatable bonds is 30. The molecule has 0 saturated carbocycles. The molecule has 0 aliphatic rings. The van der Waals surface area contributed by atoms with E-state index in [0.29, 0.717) is 0 Å². The van der Waals surface area contributed by atoms with Gasteiger partial charge in [0.05, 0.1) is 14.4 Å². The van der Waals surface area contributed by atoms with Gasteiger partial charge < -0.3 is 18.9 Å². The average molecular weight is 777 g/mol. The van der Waals surface area contributed by atoms with Crippen LogP contribution < -0.4 is 9.79 Å². The fourth-order valence-electron chi connectivity index (χ4n) is 6.15. The lowest BCUT2D eigenvalue weighted by atomic mass is 10.0. The standard InChI is InChI=1S/C50H83O4P/c1-41(2)21-12-22-42(3)23-13-24-43(4)25-14-26-44(5)27-15-28-45(6)29-16-30-46(7)31-17-32-47(8)33-18-34-48(9)35-19-36-49(10)37-20-38-50(11)39-40-54-55(51,52)53/h21,23,25,27,29,31,33,35,37,39H,12-20,22,24,26,28,30,32,34,36,38,40H2,1-11H3,(H2,51,52,53)/p-2/b42-23+,43-25-,44-27-,45-29-,46-31-,47-33-,48-35-,49-37-,50-39-. The first-order valence-corrected chi connectivity index (χ1v) is 22.6. The van der Waals surface area contributed by atoms with Crippen LogP contribution in [0.2, 0.25) is 0 Å². The maximum atomic E-state index is 10.5. The normalized spacial score (nSPS) is 15.0. The Labute approximate surface area is 340 Å². The molecule has 0 N–H and O–H groups in total. The molecule has 0 atom stereocenters. The van der Waals surface area contributed by atoms with Crippen LogP contribution in [-0.2, 0) is 9.09 Å². The molecule has 0 fully saturated rings. The third kappa shape index (κ3) is 36.9. The van der Waals surface area contributed by atoms with E-state index in [-0.39, 0.29) is 6.61 Å². The topological polar surface area (TPSA) is 72.4 Å². The molecular weight excluding hydrogens is 696 g/mol. The predicted molar refractivity (Wildman–Crippen MR) is 240 cm³/mol. The fourth-order valence-corrected chi connectivity index (χ4v) is 6.40. The van der Waals surface area contributed by atoms with Crippen molar-refractivity contribution in [2.75, 3.05) is 6.61 Å². The summed E-state index contributed by atoms with van der Waals surface area (Å²) < 4.78 is 14.8. The van der Waals surface area contributed by atoms with E-state index in [2.05, 4.69) is 128 Å². The summed E-state index contributed by atoms with van der Waals surface area (Å²) in [6.45, 7) is 24.2. The molecule has 0 radical (unpaired) electrons. The van der Waals surface area contributed by atoms with Crippen LogP contribution in [0.15, 0.2) is 116 Å². The highest BCUT2D eigenvalue weighted by Gasteiger charge is 1.98. The molecule has 0 bridgehead atoms. The summed E-state index contributed by atoms with van der Waals surface area (Å²) in [5, 5.41) is 0. The van der Waals surface area contributed by atoms with Gasteiger partial charge in [-0.2, -0.15) is 0 Å². The van der Waals surface area contributed by atoms with Gasteiger partial charge in [-0.3, -0.25) is 0 Å². The molecule has 0 unspecified atom stereocenters. The van der Waals surface area contributed by atoms with Crippen molar-refractivity contribution in [1.29, 1.82) is 0 Å². The fraction of sp³-hybridized carbons (Fsp3) is 0.600. The third-order valence-electron chi connectivity index (χ3n) is 10.0. The Hall–Kier alpha value is -2.49. The van der Waals surface area contributed by atoms with Crippen molar-refractivity contribution in [3.05, 3.63) is 116 Å². The molecular formula is C50H81O4P-2. The van der Waals surface area contributed by atoms with E-state index >= 15 is 0 Å². The van der Waals surface area contributed by atoms with Crippen molar-refractivity contribution in [2.45, 2.75) is 192 Å². The van der Waals surface area contributed by atoms with Crippen molar-refractivity contribution in [1.82, 2.24) is 0 Å². The molecule has 312 valence electrons. The molecule has 0 aromatic heterocycles. The number of phosphoric ester groups is 1. The Kier molecular flexibility index (Phi) is 31.1. The lowest BCUT2D eigenvalue weighted by Gasteiger charge is -2.27. The van der Waals surface area contributed by atoms with Gasteiger partial charge in [0, 0.05) is 0 Å². The smallest absolute Gasteiger partial charge is 0.0702 e. The number of hydrogen-bond donors (Lipinski definition) is 0. The van der Waals surface area contributed by atoms with Gasteiger partial charge in [-0.05, 0) is 192 Å². The quantitative estimate of drug-likeness (QED) is 0.0538. The summed E-state index contributed by atoms with van der Waals surface area (Å²) in [7, 11) is -4.90. The molecule has 5 heteroatoms. The zero-order chi connectivity index (χ0) is 41.5. The summed E-state index contributed by atoms with van der Waals surface area (Å²) in [6, 6.07) is 0. The molecule has 55 heavy (non-hydrogen) atoms. The third-order valence-corrected chi connectivity index (χ3v) is 10.5. The van der Waals surface area contributed by atoms with Gasteiger partial charge in [0.2, 0.25) is 0 Å². The largest absolute Gasteiger partial charge is 0.790 e. The minimum absolute atomic E-state index is 0.179. The van der Waals surface area contributed by atoms with Crippen LogP contribution in [0.5, 0.6) is 0 Å². The molecule has 0 saturated heterocycles. The second-order valence-electron chi connectivity index (χ2n) is 16.3. The molecule has 0 aromatic rings. The van der Waals surface area contributed by atoms with Crippen molar-refractivity contribution < 1.29 is 18.9 Å². The maximum absolute atomic E-state index is 10.5. The second-order valence-corrected chi connectivity index (χ2v) is 17.5. The highest BCUT2D eigenvalue weighted by atomic mass is 31.2. The Morgan fingerprint density at radius 2 is 0.527 bits per heavy atom. The van der Waals surface area contributed by atoms with Crippen LogP contribution in [0.25, 0.3) is 0 Å². The molecule has 0 rings (SSSR count). The van der Waals surface area contributed by atoms with Crippen LogP contribution in [0.3, 0.4) is 0 Å². The van der Waals surface area contributed by atoms with Gasteiger partial charge in [0.15, 0.2) is 0 Å². The first kappa shape index (κ1) is 52.5. The zero-order valence-electron chi connectivity index (χ0n) is 37.3. The SMILES string of the molecule is CC(C)=CCC/C(C)=C/CC/C(C)=C\CC/C(C)=C\CC/C(C)=C\CC/C(C)=C\CC/C(C)=C\CC/C(C)=C\CC/C(C)=C\CC/C(C)=C\COP(=O)([O-])[O-]. The first-order chi connectivity index (χ1) is 26.0. The Balaban J connectivity index is 4.26. The molecule has 0 aliphatic carbocycles. The summed E-state index contributed by atoms with van der Waals surface area (Å²) in [5.41, 5.74) is 14.3. The zero-order valence-corrected chi connectivity index (χ0v) is 38.2. The minimum Gasteiger partial charge on any atom is -0.790 e. The predicted octanol–water partition coefficient (Wildman–Crippen LogP) is 15.3. The van der Waals surface area contributed by atoms with Crippen LogP contribution in [-0.4, -0.2) is 6.61 Å². The number of allylic oxidation sites excluding steroid dienone is 19. The van der Waals surface area contributed by atoms with E-state index < -0.39 is 7.82 Å². The average Bonchev–Trinajstić information content (AvgIpc) is 3.07. The van der Waals surface area contributed by atoms with Crippen molar-refractivity contribution in [3.63, 3.8) is 0 Å². The number of hydrogen-bond acceptors (Lipinski definition) is 4. The molecule has 0 aliphatic heterocycles. The van der Waals surface area contributed by atoms with Gasteiger partial charge in [-0.1, -0.05) is 116 Å². The maximum Gasteiger partial charge on any atom is 0.0702 e. The summed E-state index contributed by atoms with van der Waals surface area (Å²) in [6.07, 6.45) is 43.0. The van der Waals surface area contributed by atoms with Crippen molar-refractivity contribution in [2.24, 2.45) is 0 Å². The Morgan fingerprint density at radius 1 is 0.345 bits per heavy atom. The summed E-state index contributed by atoms with van der Waals surface area (Å²) >= 11 is 0. The Morgan fingerprint density at radius 3 is 0.709 bits per heavy atom. The van der Waals surface area contributed by atoms with Crippen LogP contribution in [0.1, 0.15) is 192 Å². The van der Waals surface area contributed by atoms with Gasteiger partial charge >= 0.3 is 0 Å². The van der Waals surface area contributed by atoms with Crippen LogP contribution in [0.4, 0.5) is 0 Å². The second kappa shape index (κ2) is 32.6. The lowest BCUT2D eigenvalue weighted by molar-refractivity contribution is -0.340. The van der Waals surface area contributed by atoms with Crippen LogP contribution in [0, 0.1) is 0 Å². The van der Waals surface area contributed by atoms with E-state index in [0.717, 1.165) is 108 Å². The summed E-state index contributed by atoms with van der Waals surface area (Å²) in [5.74, 6) is 0. The van der Waals surface area contributed by atoms with Gasteiger partial charge in [-0.25, -0.2) is 0 Å². The monoisotopic (exact) mass is 777 g/mol.